The van der Waals surface area contributed by atoms with Crippen LogP contribution in [0.15, 0.2) is 24.3 Å². The summed E-state index contributed by atoms with van der Waals surface area (Å²) in [5.41, 5.74) is 8.10. The number of likely N-dealkylation sites (tertiary alicyclic amines) is 1. The summed E-state index contributed by atoms with van der Waals surface area (Å²) >= 11 is 5.16. The second-order valence-electron chi connectivity index (χ2n) is 5.68. The number of thiocarbonyl (C=S) groups is 1. The average molecular weight is 278 g/mol. The van der Waals surface area contributed by atoms with Crippen molar-refractivity contribution in [2.75, 3.05) is 13.1 Å². The molecule has 0 amide bonds. The Labute approximate surface area is 120 Å². The van der Waals surface area contributed by atoms with E-state index in [9.17, 15) is 0 Å². The van der Waals surface area contributed by atoms with Crippen LogP contribution in [0.25, 0.3) is 0 Å². The molecule has 0 aliphatic carbocycles. The molecule has 0 atom stereocenters. The number of piperidine rings is 1. The third kappa shape index (κ3) is 3.53. The lowest BCUT2D eigenvalue weighted by Gasteiger charge is -2.38. The van der Waals surface area contributed by atoms with E-state index in [1.165, 1.54) is 5.56 Å². The summed E-state index contributed by atoms with van der Waals surface area (Å²) in [5.74, 6) is 0. The van der Waals surface area contributed by atoms with Crippen LogP contribution in [0.5, 0.6) is 0 Å². The molecule has 1 saturated heterocycles. The number of rotatable bonds is 4. The molecule has 3 N–H and O–H groups in total. The fraction of sp³-hybridized carbons (Fsp3) is 0.533. The van der Waals surface area contributed by atoms with E-state index in [2.05, 4.69) is 24.0 Å². The number of hydrogen-bond acceptors (Lipinski definition) is 3. The van der Waals surface area contributed by atoms with Crippen LogP contribution in [0.3, 0.4) is 0 Å². The minimum absolute atomic E-state index is 0.0343. The van der Waals surface area contributed by atoms with E-state index in [4.69, 9.17) is 23.1 Å². The zero-order valence-electron chi connectivity index (χ0n) is 11.4. The first kappa shape index (κ1) is 14.4. The lowest BCUT2D eigenvalue weighted by molar-refractivity contribution is 0.158. The molecule has 0 bridgehead atoms. The van der Waals surface area contributed by atoms with E-state index in [0.29, 0.717) is 4.99 Å². The molecule has 0 radical (unpaired) electrons. The summed E-state index contributed by atoms with van der Waals surface area (Å²) < 4.78 is 0. The third-order valence-corrected chi connectivity index (χ3v) is 4.66. The summed E-state index contributed by atoms with van der Waals surface area (Å²) in [5, 5.41) is 9.03. The van der Waals surface area contributed by atoms with Gasteiger partial charge in [-0.25, -0.2) is 0 Å². The van der Waals surface area contributed by atoms with Gasteiger partial charge in [-0.3, -0.25) is 4.90 Å². The molecule has 1 aromatic rings. The molecular formula is C15H22N2OS. The fourth-order valence-electron chi connectivity index (χ4n) is 2.46. The number of nitrogens with two attached hydrogens (primary N) is 1. The van der Waals surface area contributed by atoms with Gasteiger partial charge in [-0.2, -0.15) is 0 Å². The highest BCUT2D eigenvalue weighted by atomic mass is 32.1. The van der Waals surface area contributed by atoms with Gasteiger partial charge in [0.25, 0.3) is 0 Å². The number of hydrogen-bond donors (Lipinski definition) is 2. The van der Waals surface area contributed by atoms with Crippen molar-refractivity contribution < 1.29 is 5.11 Å². The molecule has 19 heavy (non-hydrogen) atoms. The Morgan fingerprint density at radius 3 is 2.26 bits per heavy atom. The lowest BCUT2D eigenvalue weighted by Crippen LogP contribution is -2.44. The first-order chi connectivity index (χ1) is 9.03. The Kier molecular flexibility index (Phi) is 4.55. The van der Waals surface area contributed by atoms with E-state index >= 15 is 0 Å². The van der Waals surface area contributed by atoms with Gasteiger partial charge in [-0.1, -0.05) is 43.4 Å². The smallest absolute Gasteiger partial charge is 0.0788 e. The van der Waals surface area contributed by atoms with Crippen molar-refractivity contribution in [1.29, 1.82) is 0 Å². The van der Waals surface area contributed by atoms with Gasteiger partial charge in [0.05, 0.1) is 11.6 Å². The molecule has 2 rings (SSSR count). The second kappa shape index (κ2) is 5.99. The number of nitrogens with zero attached hydrogens (tertiary/aromatic N) is 1. The van der Waals surface area contributed by atoms with Gasteiger partial charge < -0.3 is 10.8 Å². The van der Waals surface area contributed by atoms with Gasteiger partial charge >= 0.3 is 0 Å². The summed E-state index contributed by atoms with van der Waals surface area (Å²) in [6.07, 6.45) is 2.08. The van der Waals surface area contributed by atoms with Crippen LogP contribution in [0.1, 0.15) is 30.9 Å². The summed E-state index contributed by atoms with van der Waals surface area (Å²) in [6, 6.07) is 8.15. The Hall–Kier alpha value is -0.970. The Bertz CT molecular complexity index is 436. The van der Waals surface area contributed by atoms with Gasteiger partial charge in [-0.15, -0.1) is 0 Å². The minimum atomic E-state index is 0.0343. The molecule has 0 aromatic heterocycles. The highest BCUT2D eigenvalue weighted by Crippen LogP contribution is 2.31. The van der Waals surface area contributed by atoms with Crippen molar-refractivity contribution in [3.8, 4) is 0 Å². The Morgan fingerprint density at radius 2 is 1.79 bits per heavy atom. The second-order valence-corrected chi connectivity index (χ2v) is 6.12. The maximum atomic E-state index is 9.03. The zero-order chi connectivity index (χ0) is 13.9. The number of aliphatic hydroxyl groups is 1. The van der Waals surface area contributed by atoms with Gasteiger partial charge in [0.2, 0.25) is 0 Å². The van der Waals surface area contributed by atoms with Crippen molar-refractivity contribution in [3.05, 3.63) is 35.4 Å². The predicted molar refractivity (Wildman–Crippen MR) is 81.8 cm³/mol. The van der Waals surface area contributed by atoms with Crippen molar-refractivity contribution in [1.82, 2.24) is 4.90 Å². The molecule has 104 valence electrons. The quantitative estimate of drug-likeness (QED) is 0.828. The van der Waals surface area contributed by atoms with Crippen LogP contribution < -0.4 is 5.73 Å². The van der Waals surface area contributed by atoms with Crippen LogP contribution >= 0.6 is 12.2 Å². The molecule has 4 heteroatoms. The summed E-state index contributed by atoms with van der Waals surface area (Å²) in [6.45, 7) is 5.31. The summed E-state index contributed by atoms with van der Waals surface area (Å²) in [4.78, 5) is 3.09. The van der Waals surface area contributed by atoms with E-state index < -0.39 is 0 Å². The molecule has 0 spiro atoms. The maximum Gasteiger partial charge on any atom is 0.0788 e. The van der Waals surface area contributed by atoms with Crippen LogP contribution in [-0.4, -0.2) is 28.1 Å². The maximum absolute atomic E-state index is 9.03. The molecule has 3 nitrogen and oxygen atoms in total. The van der Waals surface area contributed by atoms with Crippen molar-refractivity contribution in [2.24, 2.45) is 11.1 Å². The first-order valence-electron chi connectivity index (χ1n) is 6.74. The van der Waals surface area contributed by atoms with E-state index in [1.807, 2.05) is 12.1 Å². The Morgan fingerprint density at radius 1 is 1.26 bits per heavy atom. The van der Waals surface area contributed by atoms with Crippen LogP contribution in [-0.2, 0) is 13.2 Å². The Balaban J connectivity index is 1.90. The van der Waals surface area contributed by atoms with Crippen molar-refractivity contribution >= 4 is 17.2 Å². The van der Waals surface area contributed by atoms with Crippen LogP contribution in [0, 0.1) is 5.41 Å². The normalized spacial score (nSPS) is 19.3. The van der Waals surface area contributed by atoms with Crippen LogP contribution in [0.4, 0.5) is 0 Å². The monoisotopic (exact) mass is 278 g/mol. The lowest BCUT2D eigenvalue weighted by atomic mass is 9.80. The highest BCUT2D eigenvalue weighted by Gasteiger charge is 2.32. The summed E-state index contributed by atoms with van der Waals surface area (Å²) in [7, 11) is 0. The van der Waals surface area contributed by atoms with E-state index in [1.54, 1.807) is 0 Å². The molecule has 1 aliphatic heterocycles. The molecule has 1 aliphatic rings. The van der Waals surface area contributed by atoms with Crippen LogP contribution in [0.2, 0.25) is 0 Å². The number of aliphatic hydroxyl groups excluding tert-OH is 1. The predicted octanol–water partition coefficient (Wildman–Crippen LogP) is 2.07. The largest absolute Gasteiger partial charge is 0.393 e. The third-order valence-electron chi connectivity index (χ3n) is 4.17. The van der Waals surface area contributed by atoms with Gasteiger partial charge in [0, 0.05) is 12.0 Å². The standard InChI is InChI=1S/C15H22N2OS/c1-15(14(16)19)6-8-17(9-7-15)10-12-2-4-13(11-18)5-3-12/h2-5,18H,6-11H2,1H3,(H2,16,19). The van der Waals surface area contributed by atoms with Gasteiger partial charge in [-0.05, 0) is 37.1 Å². The highest BCUT2D eigenvalue weighted by molar-refractivity contribution is 7.80. The zero-order valence-corrected chi connectivity index (χ0v) is 12.2. The molecule has 0 unspecified atom stereocenters. The van der Waals surface area contributed by atoms with Gasteiger partial charge in [0.1, 0.15) is 0 Å². The van der Waals surface area contributed by atoms with E-state index in [-0.39, 0.29) is 12.0 Å². The molecule has 1 heterocycles. The average Bonchev–Trinajstić information content (AvgIpc) is 2.42. The molecule has 0 saturated carbocycles. The van der Waals surface area contributed by atoms with E-state index in [0.717, 1.165) is 38.0 Å². The molecule has 1 aromatic carbocycles. The minimum Gasteiger partial charge on any atom is -0.393 e. The van der Waals surface area contributed by atoms with Crippen molar-refractivity contribution in [3.63, 3.8) is 0 Å². The molecule has 1 fully saturated rings. The van der Waals surface area contributed by atoms with Gasteiger partial charge in [0.15, 0.2) is 0 Å². The molecular weight excluding hydrogens is 256 g/mol. The SMILES string of the molecule is CC1(C(N)=S)CCN(Cc2ccc(CO)cc2)CC1. The number of benzene rings is 1. The fourth-order valence-corrected chi connectivity index (χ4v) is 2.66. The first-order valence-corrected chi connectivity index (χ1v) is 7.15. The van der Waals surface area contributed by atoms with Crippen molar-refractivity contribution in [2.45, 2.75) is 32.9 Å². The topological polar surface area (TPSA) is 49.5 Å².